The molecule has 0 saturated carbocycles. The van der Waals surface area contributed by atoms with E-state index < -0.39 is 17.6 Å². The topological polar surface area (TPSA) is 121 Å². The fourth-order valence-electron chi connectivity index (χ4n) is 4.19. The zero-order valence-electron chi connectivity index (χ0n) is 19.4. The second kappa shape index (κ2) is 9.38. The van der Waals surface area contributed by atoms with E-state index in [2.05, 4.69) is 15.4 Å². The van der Waals surface area contributed by atoms with Gasteiger partial charge in [-0.2, -0.15) is 5.10 Å². The molecule has 0 radical (unpaired) electrons. The zero-order valence-corrected chi connectivity index (χ0v) is 20.9. The zero-order chi connectivity index (χ0) is 26.4. The Balaban J connectivity index is 1.82. The normalized spacial score (nSPS) is 11.8. The maximum Gasteiger partial charge on any atom is 0.271 e. The van der Waals surface area contributed by atoms with Crippen molar-refractivity contribution in [1.82, 2.24) is 20.1 Å². The van der Waals surface area contributed by atoms with Gasteiger partial charge in [0.2, 0.25) is 0 Å². The van der Waals surface area contributed by atoms with Crippen molar-refractivity contribution >= 4 is 35.0 Å². The molecule has 0 spiro atoms. The maximum atomic E-state index is 15.0. The Morgan fingerprint density at radius 1 is 1.11 bits per heavy atom. The van der Waals surface area contributed by atoms with Crippen LogP contribution >= 0.6 is 23.2 Å². The van der Waals surface area contributed by atoms with E-state index in [9.17, 15) is 14.0 Å². The van der Waals surface area contributed by atoms with Gasteiger partial charge in [0.25, 0.3) is 11.8 Å². The first kappa shape index (κ1) is 24.5. The number of benzene rings is 2. The number of ether oxygens (including phenoxy) is 2. The molecule has 0 saturated heterocycles. The molecule has 2 aromatic carbocycles. The number of pyridine rings is 1. The average Bonchev–Trinajstić information content (AvgIpc) is 3.27. The van der Waals surface area contributed by atoms with Gasteiger partial charge in [-0.3, -0.25) is 9.59 Å². The van der Waals surface area contributed by atoms with Crippen molar-refractivity contribution in [1.29, 1.82) is 0 Å². The number of primary amides is 1. The van der Waals surface area contributed by atoms with Crippen LogP contribution in [0.25, 0.3) is 28.1 Å². The molecule has 5 rings (SSSR count). The first-order valence-corrected chi connectivity index (χ1v) is 11.6. The van der Waals surface area contributed by atoms with Gasteiger partial charge in [0, 0.05) is 45.4 Å². The first-order chi connectivity index (χ1) is 17.7. The lowest BCUT2D eigenvalue weighted by molar-refractivity contribution is 0.0953. The first-order valence-electron chi connectivity index (χ1n) is 10.8. The van der Waals surface area contributed by atoms with Crippen molar-refractivity contribution in [2.24, 2.45) is 5.73 Å². The molecule has 3 N–H and O–H groups in total. The summed E-state index contributed by atoms with van der Waals surface area (Å²) < 4.78 is 28.0. The number of nitrogens with zero attached hydrogens (tertiary/aromatic N) is 3. The van der Waals surface area contributed by atoms with E-state index in [-0.39, 0.29) is 29.3 Å². The number of rotatable bonds is 5. The highest BCUT2D eigenvalue weighted by Gasteiger charge is 2.31. The Kier molecular flexibility index (Phi) is 6.22. The number of aromatic nitrogens is 3. The van der Waals surface area contributed by atoms with Crippen LogP contribution in [-0.2, 0) is 6.61 Å². The van der Waals surface area contributed by atoms with Crippen molar-refractivity contribution in [2.45, 2.75) is 6.61 Å². The molecular formula is C25H18Cl2FN5O4. The molecule has 2 amide bonds. The largest absolute Gasteiger partial charge is 0.496 e. The smallest absolute Gasteiger partial charge is 0.271 e. The summed E-state index contributed by atoms with van der Waals surface area (Å²) in [5.74, 6) is -1.23. The van der Waals surface area contributed by atoms with Crippen molar-refractivity contribution in [3.63, 3.8) is 0 Å². The number of carbonyl (C=O) groups excluding carboxylic acids is 2. The van der Waals surface area contributed by atoms with Crippen LogP contribution in [0.5, 0.6) is 11.5 Å². The van der Waals surface area contributed by atoms with E-state index in [0.29, 0.717) is 43.9 Å². The van der Waals surface area contributed by atoms with E-state index in [1.54, 1.807) is 30.3 Å². The van der Waals surface area contributed by atoms with E-state index in [1.165, 1.54) is 24.9 Å². The summed E-state index contributed by atoms with van der Waals surface area (Å²) in [4.78, 5) is 28.2. The summed E-state index contributed by atoms with van der Waals surface area (Å²) in [6.45, 7) is 0.0390. The highest BCUT2D eigenvalue weighted by molar-refractivity contribution is 6.34. The molecule has 0 unspecified atom stereocenters. The number of halogens is 3. The number of fused-ring (bicyclic) bond motifs is 3. The summed E-state index contributed by atoms with van der Waals surface area (Å²) in [5, 5.41) is 7.86. The third-order valence-electron chi connectivity index (χ3n) is 5.84. The third kappa shape index (κ3) is 4.24. The molecule has 0 aliphatic carbocycles. The van der Waals surface area contributed by atoms with Crippen LogP contribution in [0.4, 0.5) is 4.39 Å². The number of hydrogen-bond donors (Lipinski definition) is 2. The molecule has 2 aromatic heterocycles. The number of hydrogen-bond acceptors (Lipinski definition) is 6. The van der Waals surface area contributed by atoms with Gasteiger partial charge in [0.15, 0.2) is 5.69 Å². The van der Waals surface area contributed by atoms with E-state index >= 15 is 0 Å². The van der Waals surface area contributed by atoms with Gasteiger partial charge < -0.3 is 20.5 Å². The summed E-state index contributed by atoms with van der Waals surface area (Å²) in [7, 11) is 2.92. The Morgan fingerprint density at radius 2 is 1.84 bits per heavy atom. The lowest BCUT2D eigenvalue weighted by Crippen LogP contribution is -2.21. The van der Waals surface area contributed by atoms with Crippen LogP contribution in [0.15, 0.2) is 42.6 Å². The van der Waals surface area contributed by atoms with Gasteiger partial charge in [-0.05, 0) is 30.3 Å². The summed E-state index contributed by atoms with van der Waals surface area (Å²) in [5.41, 5.74) is 7.75. The minimum absolute atomic E-state index is 0.0390. The monoisotopic (exact) mass is 541 g/mol. The second-order valence-electron chi connectivity index (χ2n) is 8.05. The van der Waals surface area contributed by atoms with Crippen LogP contribution < -0.4 is 20.5 Å². The molecular weight excluding hydrogens is 524 g/mol. The molecule has 1 aliphatic rings. The van der Waals surface area contributed by atoms with Gasteiger partial charge in [0.05, 0.1) is 24.7 Å². The predicted octanol–water partition coefficient (Wildman–Crippen LogP) is 4.41. The molecule has 12 heteroatoms. The fraction of sp³-hybridized carbons (Fsp3) is 0.120. The van der Waals surface area contributed by atoms with Gasteiger partial charge >= 0.3 is 0 Å². The number of amides is 2. The summed E-state index contributed by atoms with van der Waals surface area (Å²) in [6, 6.07) is 9.35. The molecule has 188 valence electrons. The van der Waals surface area contributed by atoms with Crippen LogP contribution in [0, 0.1) is 5.82 Å². The Labute approximate surface area is 219 Å². The van der Waals surface area contributed by atoms with E-state index in [0.717, 1.165) is 6.20 Å². The average molecular weight is 542 g/mol. The van der Waals surface area contributed by atoms with E-state index in [4.69, 9.17) is 38.4 Å². The molecule has 0 bridgehead atoms. The number of carbonyl (C=O) groups is 2. The maximum absolute atomic E-state index is 15.0. The molecule has 9 nitrogen and oxygen atoms in total. The van der Waals surface area contributed by atoms with Crippen LogP contribution in [0.2, 0.25) is 10.0 Å². The highest BCUT2D eigenvalue weighted by atomic mass is 35.5. The van der Waals surface area contributed by atoms with Crippen molar-refractivity contribution in [3.8, 4) is 39.6 Å². The molecule has 3 heterocycles. The van der Waals surface area contributed by atoms with Crippen LogP contribution in [-0.4, -0.2) is 40.7 Å². The number of methoxy groups -OCH3 is 1. The predicted molar refractivity (Wildman–Crippen MR) is 135 cm³/mol. The summed E-state index contributed by atoms with van der Waals surface area (Å²) >= 11 is 12.5. The minimum atomic E-state index is -0.810. The third-order valence-corrected chi connectivity index (χ3v) is 6.28. The Morgan fingerprint density at radius 3 is 2.49 bits per heavy atom. The van der Waals surface area contributed by atoms with Gasteiger partial charge in [-0.1, -0.05) is 23.2 Å². The van der Waals surface area contributed by atoms with Gasteiger partial charge in [0.1, 0.15) is 29.6 Å². The summed E-state index contributed by atoms with van der Waals surface area (Å²) in [6.07, 6.45) is 0.915. The minimum Gasteiger partial charge on any atom is -0.496 e. The highest BCUT2D eigenvalue weighted by Crippen LogP contribution is 2.46. The quantitative estimate of drug-likeness (QED) is 0.386. The lowest BCUT2D eigenvalue weighted by atomic mass is 9.95. The number of nitrogens with one attached hydrogen (secondary N) is 1. The fourth-order valence-corrected chi connectivity index (χ4v) is 4.70. The number of nitrogens with two attached hydrogens (primary N) is 1. The van der Waals surface area contributed by atoms with Gasteiger partial charge in [-0.25, -0.2) is 14.1 Å². The molecule has 0 atom stereocenters. The molecule has 1 aliphatic heterocycles. The van der Waals surface area contributed by atoms with Crippen LogP contribution in [0.3, 0.4) is 0 Å². The van der Waals surface area contributed by atoms with Gasteiger partial charge in [-0.15, -0.1) is 0 Å². The second-order valence-corrected chi connectivity index (χ2v) is 8.92. The Bertz CT molecular complexity index is 1580. The Hall–Kier alpha value is -4.15. The standard InChI is InChI=1S/C25H18Cl2FN5O4/c1-30-25(35)22-17-10-37-21-8-20(36-2)15(14-7-19(24(29)34)31-9-18(14)28)6-16(21)23(17)33(32-22)13-4-11(26)3-12(27)5-13/h3-9H,10H2,1-2H3,(H2,29,34)(H,30,35). The van der Waals surface area contributed by atoms with Crippen molar-refractivity contribution in [2.75, 3.05) is 14.2 Å². The molecule has 4 aromatic rings. The lowest BCUT2D eigenvalue weighted by Gasteiger charge is -2.22. The molecule has 37 heavy (non-hydrogen) atoms. The van der Waals surface area contributed by atoms with Crippen LogP contribution in [0.1, 0.15) is 26.5 Å². The SMILES string of the molecule is CNC(=O)c1nn(-c2cc(Cl)cc(Cl)c2)c2c1COc1cc(OC)c(-c3cc(C(N)=O)ncc3F)cc1-2. The molecule has 0 fully saturated rings. The van der Waals surface area contributed by atoms with Crippen molar-refractivity contribution < 1.29 is 23.5 Å². The van der Waals surface area contributed by atoms with Crippen molar-refractivity contribution in [3.05, 3.63) is 75.4 Å². The van der Waals surface area contributed by atoms with E-state index in [1.807, 2.05) is 0 Å².